The molecule has 0 aromatic heterocycles. The third-order valence-electron chi connectivity index (χ3n) is 1.10. The molecule has 0 aromatic rings. The molecule has 5 nitrogen and oxygen atoms in total. The van der Waals surface area contributed by atoms with E-state index >= 15 is 0 Å². The normalized spacial score (nSPS) is 27.1. The quantitative estimate of drug-likeness (QED) is 0.385. The second-order valence-corrected chi connectivity index (χ2v) is 1.86. The number of nitrogens with two attached hydrogens (primary N) is 2. The van der Waals surface area contributed by atoms with Crippen molar-refractivity contribution in [1.82, 2.24) is 5.01 Å². The van der Waals surface area contributed by atoms with Crippen LogP contribution in [0.4, 0.5) is 0 Å². The lowest BCUT2D eigenvalue weighted by atomic mass is 10.3. The smallest absolute Gasteiger partial charge is 0.250 e. The van der Waals surface area contributed by atoms with E-state index in [4.69, 9.17) is 11.6 Å². The average molecular weight is 128 g/mol. The van der Waals surface area contributed by atoms with Crippen molar-refractivity contribution in [2.75, 3.05) is 0 Å². The van der Waals surface area contributed by atoms with Crippen LogP contribution in [0, 0.1) is 0 Å². The minimum atomic E-state index is -0.407. The summed E-state index contributed by atoms with van der Waals surface area (Å²) < 4.78 is 0. The fourth-order valence-corrected chi connectivity index (χ4v) is 0.554. The summed E-state index contributed by atoms with van der Waals surface area (Å²) in [7, 11) is 0. The molecule has 4 N–H and O–H groups in total. The molecule has 0 fully saturated rings. The fourth-order valence-electron chi connectivity index (χ4n) is 0.554. The number of hydrogen-bond donors (Lipinski definition) is 2. The summed E-state index contributed by atoms with van der Waals surface area (Å²) >= 11 is 0. The molecule has 0 saturated heterocycles. The van der Waals surface area contributed by atoms with Crippen molar-refractivity contribution in [3.63, 3.8) is 0 Å². The van der Waals surface area contributed by atoms with E-state index < -0.39 is 6.17 Å². The molecular formula is C4H8N4O. The zero-order valence-corrected chi connectivity index (χ0v) is 4.82. The summed E-state index contributed by atoms with van der Waals surface area (Å²) in [6.07, 6.45) is 1.03. The first-order valence-corrected chi connectivity index (χ1v) is 2.56. The number of rotatable bonds is 0. The Bertz CT molecular complexity index is 155. The Morgan fingerprint density at radius 3 is 3.00 bits per heavy atom. The van der Waals surface area contributed by atoms with Gasteiger partial charge in [0.05, 0.1) is 6.42 Å². The van der Waals surface area contributed by atoms with Crippen LogP contribution >= 0.6 is 0 Å². The topological polar surface area (TPSA) is 84.7 Å². The maximum absolute atomic E-state index is 10.5. The second kappa shape index (κ2) is 2.12. The third kappa shape index (κ3) is 1.24. The first-order chi connectivity index (χ1) is 4.20. The Balaban J connectivity index is 2.65. The van der Waals surface area contributed by atoms with E-state index in [1.165, 1.54) is 11.3 Å². The van der Waals surface area contributed by atoms with E-state index in [0.717, 1.165) is 0 Å². The van der Waals surface area contributed by atoms with Crippen LogP contribution in [0.2, 0.25) is 0 Å². The van der Waals surface area contributed by atoms with Crippen molar-refractivity contribution in [1.29, 1.82) is 0 Å². The van der Waals surface area contributed by atoms with Gasteiger partial charge in [-0.3, -0.25) is 9.80 Å². The van der Waals surface area contributed by atoms with Gasteiger partial charge in [-0.25, -0.2) is 10.8 Å². The van der Waals surface area contributed by atoms with E-state index in [-0.39, 0.29) is 12.3 Å². The van der Waals surface area contributed by atoms with Crippen LogP contribution < -0.4 is 11.6 Å². The molecule has 0 spiro atoms. The van der Waals surface area contributed by atoms with Crippen molar-refractivity contribution in [3.8, 4) is 0 Å². The van der Waals surface area contributed by atoms with E-state index in [1.807, 2.05) is 0 Å². The highest BCUT2D eigenvalue weighted by atomic mass is 16.1. The zero-order valence-electron chi connectivity index (χ0n) is 4.82. The summed E-state index contributed by atoms with van der Waals surface area (Å²) in [6.45, 7) is 0. The predicted molar refractivity (Wildman–Crippen MR) is 32.1 cm³/mol. The molecule has 1 heterocycles. The van der Waals surface area contributed by atoms with E-state index in [1.54, 1.807) is 0 Å². The van der Waals surface area contributed by atoms with Crippen LogP contribution in [0.5, 0.6) is 0 Å². The minimum Gasteiger partial charge on any atom is -0.310 e. The minimum absolute atomic E-state index is 0.201. The predicted octanol–water partition coefficient (Wildman–Crippen LogP) is -1.59. The Labute approximate surface area is 52.3 Å². The van der Waals surface area contributed by atoms with Crippen molar-refractivity contribution in [2.45, 2.75) is 12.6 Å². The second-order valence-electron chi connectivity index (χ2n) is 1.86. The highest BCUT2D eigenvalue weighted by Gasteiger charge is 2.16. The SMILES string of the molecule is NC1CC(=O)N=CN1N. The van der Waals surface area contributed by atoms with Gasteiger partial charge in [-0.05, 0) is 0 Å². The number of hydrogen-bond acceptors (Lipinski definition) is 4. The van der Waals surface area contributed by atoms with E-state index in [9.17, 15) is 4.79 Å². The van der Waals surface area contributed by atoms with Gasteiger partial charge in [-0.1, -0.05) is 0 Å². The number of carbonyl (C=O) groups is 1. The van der Waals surface area contributed by atoms with E-state index in [2.05, 4.69) is 4.99 Å². The summed E-state index contributed by atoms with van der Waals surface area (Å²) in [5.74, 6) is 5.03. The van der Waals surface area contributed by atoms with Crippen molar-refractivity contribution in [2.24, 2.45) is 16.6 Å². The lowest BCUT2D eigenvalue weighted by Crippen LogP contribution is -2.49. The van der Waals surface area contributed by atoms with Crippen LogP contribution in [0.25, 0.3) is 0 Å². The summed E-state index contributed by atoms with van der Waals surface area (Å²) in [5, 5.41) is 1.21. The van der Waals surface area contributed by atoms with Crippen molar-refractivity contribution < 1.29 is 4.79 Å². The molecule has 9 heavy (non-hydrogen) atoms. The Morgan fingerprint density at radius 1 is 1.89 bits per heavy atom. The van der Waals surface area contributed by atoms with Gasteiger partial charge in [0.2, 0.25) is 0 Å². The Hall–Kier alpha value is -0.940. The molecule has 1 atom stereocenters. The molecule has 0 radical (unpaired) electrons. The van der Waals surface area contributed by atoms with Gasteiger partial charge in [-0.15, -0.1) is 0 Å². The van der Waals surface area contributed by atoms with Crippen molar-refractivity contribution in [3.05, 3.63) is 0 Å². The first kappa shape index (κ1) is 6.18. The Kier molecular flexibility index (Phi) is 1.46. The summed E-state index contributed by atoms with van der Waals surface area (Å²) in [6, 6.07) is 0. The van der Waals surface area contributed by atoms with Gasteiger partial charge in [0.1, 0.15) is 12.5 Å². The largest absolute Gasteiger partial charge is 0.310 e. The lowest BCUT2D eigenvalue weighted by Gasteiger charge is -2.22. The van der Waals surface area contributed by atoms with Gasteiger partial charge in [-0.2, -0.15) is 0 Å². The maximum Gasteiger partial charge on any atom is 0.250 e. The van der Waals surface area contributed by atoms with Crippen LogP contribution in [-0.2, 0) is 4.79 Å². The molecule has 1 amide bonds. The molecule has 1 aliphatic heterocycles. The standard InChI is InChI=1S/C4H8N4O/c5-3-1-4(9)7-2-8(3)6/h2-3H,1,5-6H2. The number of carbonyl (C=O) groups excluding carboxylic acids is 1. The number of nitrogens with zero attached hydrogens (tertiary/aromatic N) is 2. The van der Waals surface area contributed by atoms with Crippen molar-refractivity contribution >= 4 is 12.2 Å². The molecule has 1 rings (SSSR count). The average Bonchev–Trinajstić information content (AvgIpc) is 1.80. The van der Waals surface area contributed by atoms with Gasteiger partial charge in [0.15, 0.2) is 0 Å². The molecule has 0 bridgehead atoms. The van der Waals surface area contributed by atoms with Crippen LogP contribution in [0.15, 0.2) is 4.99 Å². The van der Waals surface area contributed by atoms with Crippen LogP contribution in [0.3, 0.4) is 0 Å². The molecule has 50 valence electrons. The van der Waals surface area contributed by atoms with Crippen LogP contribution in [-0.4, -0.2) is 23.4 Å². The Morgan fingerprint density at radius 2 is 2.56 bits per heavy atom. The monoisotopic (exact) mass is 128 g/mol. The third-order valence-corrected chi connectivity index (χ3v) is 1.10. The van der Waals surface area contributed by atoms with Gasteiger partial charge < -0.3 is 5.73 Å². The molecular weight excluding hydrogens is 120 g/mol. The van der Waals surface area contributed by atoms with E-state index in [0.29, 0.717) is 0 Å². The highest BCUT2D eigenvalue weighted by molar-refractivity contribution is 5.86. The first-order valence-electron chi connectivity index (χ1n) is 2.56. The number of amides is 1. The summed E-state index contributed by atoms with van der Waals surface area (Å²) in [4.78, 5) is 13.9. The molecule has 0 aromatic carbocycles. The summed E-state index contributed by atoms with van der Waals surface area (Å²) in [5.41, 5.74) is 5.36. The zero-order chi connectivity index (χ0) is 6.85. The van der Waals surface area contributed by atoms with Gasteiger partial charge in [0.25, 0.3) is 5.91 Å². The van der Waals surface area contributed by atoms with Gasteiger partial charge >= 0.3 is 0 Å². The fraction of sp³-hybridized carbons (Fsp3) is 0.500. The maximum atomic E-state index is 10.5. The lowest BCUT2D eigenvalue weighted by molar-refractivity contribution is -0.119. The molecule has 0 saturated carbocycles. The number of hydrazine groups is 1. The molecule has 1 unspecified atom stereocenters. The number of aliphatic imine (C=N–C) groups is 1. The molecule has 0 aliphatic carbocycles. The molecule has 5 heteroatoms. The van der Waals surface area contributed by atoms with Gasteiger partial charge in [0, 0.05) is 0 Å². The van der Waals surface area contributed by atoms with Crippen LogP contribution in [0.1, 0.15) is 6.42 Å². The highest BCUT2D eigenvalue weighted by Crippen LogP contribution is 1.97. The molecule has 1 aliphatic rings.